The number of aromatic nitrogens is 2. The van der Waals surface area contributed by atoms with Gasteiger partial charge in [-0.1, -0.05) is 25.1 Å². The molecule has 19 heteroatoms. The fourth-order valence-corrected chi connectivity index (χ4v) is 10.7. The maximum Gasteiger partial charge on any atom is 0.343 e. The monoisotopic (exact) mass is 936 g/mol. The average Bonchev–Trinajstić information content (AvgIpc) is 4.08. The number of nitrogens with zero attached hydrogens (tertiary/aromatic N) is 2. The van der Waals surface area contributed by atoms with Gasteiger partial charge in [0, 0.05) is 28.3 Å². The quantitative estimate of drug-likeness (QED) is 0.175. The molecule has 68 heavy (non-hydrogen) atoms. The fraction of sp³-hybridized carbons (Fsp3) is 0.429. The summed E-state index contributed by atoms with van der Waals surface area (Å²) in [7, 11) is 2.86. The minimum absolute atomic E-state index is 0.0301. The van der Waals surface area contributed by atoms with Crippen LogP contribution in [0.1, 0.15) is 65.7 Å². The number of rotatable bonds is 6. The summed E-state index contributed by atoms with van der Waals surface area (Å²) in [5.74, 6) is -1.73. The number of para-hydroxylation sites is 1. The summed E-state index contributed by atoms with van der Waals surface area (Å²) in [4.78, 5) is 43.3. The van der Waals surface area contributed by atoms with Crippen LogP contribution in [-0.4, -0.2) is 113 Å². The van der Waals surface area contributed by atoms with E-state index in [1.165, 1.54) is 14.2 Å². The zero-order valence-electron chi connectivity index (χ0n) is 37.3. The first-order chi connectivity index (χ1) is 32.8. The van der Waals surface area contributed by atoms with Gasteiger partial charge in [-0.3, -0.25) is 9.59 Å². The largest absolute Gasteiger partial charge is 0.502 e. The van der Waals surface area contributed by atoms with E-state index >= 15 is 0 Å². The molecule has 2 aromatic heterocycles. The van der Waals surface area contributed by atoms with E-state index in [2.05, 4.69) is 0 Å². The molecule has 1 aliphatic carbocycles. The molecule has 5 aromatic rings. The van der Waals surface area contributed by atoms with Gasteiger partial charge in [-0.15, -0.1) is 0 Å². The van der Waals surface area contributed by atoms with E-state index in [9.17, 15) is 34.8 Å². The van der Waals surface area contributed by atoms with Crippen molar-refractivity contribution in [3.8, 4) is 40.1 Å². The van der Waals surface area contributed by atoms with Crippen LogP contribution < -0.4 is 24.5 Å². The van der Waals surface area contributed by atoms with E-state index in [-0.39, 0.29) is 55.8 Å². The number of hydrogen-bond donors (Lipinski definition) is 4. The summed E-state index contributed by atoms with van der Waals surface area (Å²) < 4.78 is 58.2. The molecule has 2 unspecified atom stereocenters. The maximum absolute atomic E-state index is 13.4. The van der Waals surface area contributed by atoms with Crippen molar-refractivity contribution in [3.05, 3.63) is 104 Å². The number of pyridine rings is 2. The molecule has 11 atom stereocenters. The molecule has 0 radical (unpaired) electrons. The van der Waals surface area contributed by atoms with Crippen LogP contribution in [0.3, 0.4) is 0 Å². The van der Waals surface area contributed by atoms with Gasteiger partial charge in [-0.05, 0) is 72.5 Å². The van der Waals surface area contributed by atoms with Crippen LogP contribution in [0.15, 0.2) is 65.5 Å². The number of methoxy groups -OCH3 is 2. The lowest BCUT2D eigenvalue weighted by Gasteiger charge is -2.47. The van der Waals surface area contributed by atoms with Gasteiger partial charge in [0.15, 0.2) is 41.2 Å². The summed E-state index contributed by atoms with van der Waals surface area (Å²) in [6.45, 7) is 3.94. The number of ether oxygens (including phenoxy) is 10. The number of fused-ring (bicyclic) bond motifs is 9. The second kappa shape index (κ2) is 16.7. The molecule has 0 amide bonds. The highest BCUT2D eigenvalue weighted by Gasteiger charge is 2.56. The minimum atomic E-state index is -1.79. The standard InChI is InChI=1S/C29H32O13.C20H16N2O4/c1-11-36-9-20-27(40-11)24(31)25(32)29(41-20)42-26-14-7-17-16(38-10-39-17)6-13(14)21(22-15(26)8-37-28(22)33)12-4-18(34-2)23(30)19(5-12)35-3;1-2-20(25)14-8-16-17-12(7-11-5-3-4-6-15(11)21-17)9-22(16)18(23)13(14)10-26-19(20)24/h4-7,11,15,20-22,24-27,29-32H,8-10H2,1-3H3;3-8,25H,2,9-10H2,1H3/t11-,15?,20-,21-,22+,24-,25-,26?,27-,29+;20-/m10/s1. The molecule has 8 heterocycles. The van der Waals surface area contributed by atoms with Crippen molar-refractivity contribution in [2.24, 2.45) is 11.8 Å². The Balaban J connectivity index is 0.000000166. The Hall–Kier alpha value is -6.32. The Labute approximate surface area is 387 Å². The van der Waals surface area contributed by atoms with E-state index in [0.717, 1.165) is 22.2 Å². The van der Waals surface area contributed by atoms with Gasteiger partial charge in [0.1, 0.15) is 31.0 Å². The van der Waals surface area contributed by atoms with Crippen molar-refractivity contribution in [3.63, 3.8) is 0 Å². The summed E-state index contributed by atoms with van der Waals surface area (Å²) in [5.41, 5.74) is 3.83. The number of esters is 2. The lowest BCUT2D eigenvalue weighted by atomic mass is 9.66. The molecule has 356 valence electrons. The Bertz CT molecular complexity index is 2910. The van der Waals surface area contributed by atoms with Crippen molar-refractivity contribution < 1.29 is 77.4 Å². The highest BCUT2D eigenvalue weighted by atomic mass is 16.8. The lowest BCUT2D eigenvalue weighted by Crippen LogP contribution is -2.63. The number of aliphatic hydroxyl groups excluding tert-OH is 2. The summed E-state index contributed by atoms with van der Waals surface area (Å²) in [5, 5.41) is 44.4. The first-order valence-corrected chi connectivity index (χ1v) is 22.4. The molecule has 0 bridgehead atoms. The molecule has 0 saturated carbocycles. The van der Waals surface area contributed by atoms with Crippen LogP contribution in [0.2, 0.25) is 0 Å². The van der Waals surface area contributed by atoms with E-state index in [1.807, 2.05) is 30.3 Å². The summed E-state index contributed by atoms with van der Waals surface area (Å²) >= 11 is 0. The van der Waals surface area contributed by atoms with E-state index in [1.54, 1.807) is 48.7 Å². The van der Waals surface area contributed by atoms with Gasteiger partial charge in [0.05, 0.1) is 68.5 Å². The van der Waals surface area contributed by atoms with E-state index in [0.29, 0.717) is 51.6 Å². The van der Waals surface area contributed by atoms with Crippen LogP contribution in [0.5, 0.6) is 28.7 Å². The molecule has 4 N–H and O–H groups in total. The van der Waals surface area contributed by atoms with Crippen LogP contribution in [0, 0.1) is 11.8 Å². The van der Waals surface area contributed by atoms with Crippen LogP contribution in [0.4, 0.5) is 0 Å². The number of aromatic hydroxyl groups is 1. The number of aliphatic hydroxyl groups is 3. The molecular formula is C49H48N2O17. The zero-order chi connectivity index (χ0) is 47.3. The fourth-order valence-electron chi connectivity index (χ4n) is 10.7. The normalized spacial score (nSPS) is 30.3. The molecule has 3 aromatic carbocycles. The Kier molecular flexibility index (Phi) is 10.9. The van der Waals surface area contributed by atoms with Gasteiger partial charge in [-0.2, -0.15) is 0 Å². The Morgan fingerprint density at radius 3 is 2.35 bits per heavy atom. The molecule has 12 rings (SSSR count). The minimum Gasteiger partial charge on any atom is -0.502 e. The molecular weight excluding hydrogens is 889 g/mol. The summed E-state index contributed by atoms with van der Waals surface area (Å²) in [6, 6.07) is 18.5. The lowest BCUT2D eigenvalue weighted by molar-refractivity contribution is -0.364. The van der Waals surface area contributed by atoms with Crippen molar-refractivity contribution in [1.29, 1.82) is 0 Å². The van der Waals surface area contributed by atoms with E-state index in [4.69, 9.17) is 52.4 Å². The highest BCUT2D eigenvalue weighted by Crippen LogP contribution is 2.57. The number of carbonyl (C=O) groups excluding carboxylic acids is 2. The predicted octanol–water partition coefficient (Wildman–Crippen LogP) is 3.42. The number of phenolic OH excluding ortho intramolecular Hbond substituents is 1. The van der Waals surface area contributed by atoms with Crippen LogP contribution in [0.25, 0.3) is 22.3 Å². The zero-order valence-corrected chi connectivity index (χ0v) is 37.3. The first-order valence-electron chi connectivity index (χ1n) is 22.4. The van der Waals surface area contributed by atoms with Crippen molar-refractivity contribution in [2.75, 3.05) is 34.2 Å². The molecule has 3 saturated heterocycles. The molecule has 19 nitrogen and oxygen atoms in total. The second-order valence-electron chi connectivity index (χ2n) is 17.8. The average molecular weight is 937 g/mol. The smallest absolute Gasteiger partial charge is 0.343 e. The first kappa shape index (κ1) is 44.2. The van der Waals surface area contributed by atoms with E-state index < -0.39 is 78.4 Å². The molecule has 7 aliphatic rings. The predicted molar refractivity (Wildman–Crippen MR) is 233 cm³/mol. The molecule has 6 aliphatic heterocycles. The number of phenols is 1. The highest BCUT2D eigenvalue weighted by molar-refractivity contribution is 5.86. The van der Waals surface area contributed by atoms with Crippen molar-refractivity contribution in [2.45, 2.75) is 88.0 Å². The number of hydrogen-bond acceptors (Lipinski definition) is 18. The number of cyclic esters (lactones) is 2. The number of benzene rings is 3. The number of carbonyl (C=O) groups is 2. The van der Waals surface area contributed by atoms with Crippen LogP contribution >= 0.6 is 0 Å². The maximum atomic E-state index is 13.4. The third kappa shape index (κ3) is 6.89. The molecule has 0 spiro atoms. The second-order valence-corrected chi connectivity index (χ2v) is 17.8. The van der Waals surface area contributed by atoms with Gasteiger partial charge in [-0.25, -0.2) is 9.78 Å². The Morgan fingerprint density at radius 1 is 0.882 bits per heavy atom. The SMILES string of the molecule is CC[C@@]1(O)C(=O)OCc2c1cc1n(c2=O)Cc2cc3ccccc3nc2-1.COc1cc([C@@H]2c3cc4c(cc3C(O[C@@H]3O[C@@H]5CO[C@@H](C)O[C@H]5[C@H](O)[C@H]3O)C3COC(=O)[C@@H]32)OCO4)cc(OC)c1O. The van der Waals surface area contributed by atoms with Gasteiger partial charge >= 0.3 is 11.9 Å². The van der Waals surface area contributed by atoms with Gasteiger partial charge in [0.25, 0.3) is 5.56 Å². The van der Waals surface area contributed by atoms with Crippen molar-refractivity contribution >= 4 is 22.8 Å². The topological polar surface area (TPSA) is 242 Å². The third-order valence-electron chi connectivity index (χ3n) is 14.2. The molecule has 3 fully saturated rings. The van der Waals surface area contributed by atoms with Crippen LogP contribution in [-0.2, 0) is 56.8 Å². The summed E-state index contributed by atoms with van der Waals surface area (Å²) in [6.07, 6.45) is -6.66. The third-order valence-corrected chi connectivity index (χ3v) is 14.2. The van der Waals surface area contributed by atoms with Gasteiger partial charge in [0.2, 0.25) is 12.5 Å². The Morgan fingerprint density at radius 2 is 1.62 bits per heavy atom. The van der Waals surface area contributed by atoms with Crippen molar-refractivity contribution in [1.82, 2.24) is 9.55 Å². The van der Waals surface area contributed by atoms with Gasteiger partial charge < -0.3 is 72.4 Å².